The van der Waals surface area contributed by atoms with Crippen molar-refractivity contribution < 1.29 is 9.53 Å². The molecule has 108 valence electrons. The van der Waals surface area contributed by atoms with Crippen molar-refractivity contribution in [2.45, 2.75) is 46.1 Å². The summed E-state index contributed by atoms with van der Waals surface area (Å²) in [7, 11) is 0. The van der Waals surface area contributed by atoms with Gasteiger partial charge in [0, 0.05) is 0 Å². The largest absolute Gasteiger partial charge is 0.462 e. The summed E-state index contributed by atoms with van der Waals surface area (Å²) in [5.74, 6) is -0.156. The second-order valence-corrected chi connectivity index (χ2v) is 5.21. The summed E-state index contributed by atoms with van der Waals surface area (Å²) in [5.41, 5.74) is 2.27. The molecule has 2 nitrogen and oxygen atoms in total. The first kappa shape index (κ1) is 16.2. The molecule has 0 saturated carbocycles. The number of rotatable bonds is 7. The molecule has 0 N–H and O–H groups in total. The Morgan fingerprint density at radius 3 is 2.60 bits per heavy atom. The van der Waals surface area contributed by atoms with Crippen LogP contribution in [0.3, 0.4) is 0 Å². The number of benzene rings is 1. The van der Waals surface area contributed by atoms with Crippen molar-refractivity contribution in [3.05, 3.63) is 59.7 Å². The zero-order valence-electron chi connectivity index (χ0n) is 12.6. The van der Waals surface area contributed by atoms with Crippen molar-refractivity contribution >= 4 is 5.97 Å². The van der Waals surface area contributed by atoms with Crippen LogP contribution in [-0.2, 0) is 16.0 Å². The molecule has 20 heavy (non-hydrogen) atoms. The van der Waals surface area contributed by atoms with Gasteiger partial charge in [-0.1, -0.05) is 54.1 Å². The van der Waals surface area contributed by atoms with E-state index in [2.05, 4.69) is 26.0 Å². The van der Waals surface area contributed by atoms with E-state index >= 15 is 0 Å². The Morgan fingerprint density at radius 1 is 1.25 bits per heavy atom. The van der Waals surface area contributed by atoms with Gasteiger partial charge in [0.25, 0.3) is 0 Å². The van der Waals surface area contributed by atoms with Gasteiger partial charge in [-0.3, -0.25) is 4.79 Å². The number of esters is 1. The Morgan fingerprint density at radius 2 is 1.95 bits per heavy atom. The summed E-state index contributed by atoms with van der Waals surface area (Å²) in [5, 5.41) is 0. The highest BCUT2D eigenvalue weighted by atomic mass is 16.5. The summed E-state index contributed by atoms with van der Waals surface area (Å²) in [4.78, 5) is 11.8. The topological polar surface area (TPSA) is 26.3 Å². The first-order chi connectivity index (χ1) is 9.58. The standard InChI is InChI=1S/C18H24O2/c1-15(2)10-6-4-7-11-16(3)20-18(19)14-17-12-8-5-9-13-17/h4-6,8-10,12-13,16H,7,11,14H2,1-3H3/b6-4+. The van der Waals surface area contributed by atoms with Gasteiger partial charge in [-0.2, -0.15) is 0 Å². The minimum Gasteiger partial charge on any atom is -0.462 e. The number of carbonyl (C=O) groups excluding carboxylic acids is 1. The van der Waals surface area contributed by atoms with E-state index in [9.17, 15) is 4.79 Å². The van der Waals surface area contributed by atoms with E-state index in [0.717, 1.165) is 18.4 Å². The first-order valence-electron chi connectivity index (χ1n) is 7.11. The Bertz CT molecular complexity index is 454. The van der Waals surface area contributed by atoms with Gasteiger partial charge in [0.2, 0.25) is 0 Å². The lowest BCUT2D eigenvalue weighted by atomic mass is 10.1. The highest BCUT2D eigenvalue weighted by Gasteiger charge is 2.09. The minimum atomic E-state index is -0.156. The molecular weight excluding hydrogens is 248 g/mol. The summed E-state index contributed by atoms with van der Waals surface area (Å²) < 4.78 is 5.39. The van der Waals surface area contributed by atoms with Gasteiger partial charge >= 0.3 is 5.97 Å². The van der Waals surface area contributed by atoms with E-state index in [1.165, 1.54) is 5.57 Å². The van der Waals surface area contributed by atoms with Crippen LogP contribution in [0.4, 0.5) is 0 Å². The number of ether oxygens (including phenoxy) is 1. The zero-order valence-corrected chi connectivity index (χ0v) is 12.6. The minimum absolute atomic E-state index is 0.0393. The fourth-order valence-electron chi connectivity index (χ4n) is 1.78. The fourth-order valence-corrected chi connectivity index (χ4v) is 1.78. The molecule has 0 spiro atoms. The maximum absolute atomic E-state index is 11.8. The van der Waals surface area contributed by atoms with Crippen LogP contribution in [0.25, 0.3) is 0 Å². The first-order valence-corrected chi connectivity index (χ1v) is 7.11. The molecule has 0 fully saturated rings. The van der Waals surface area contributed by atoms with Crippen molar-refractivity contribution in [1.82, 2.24) is 0 Å². The van der Waals surface area contributed by atoms with Gasteiger partial charge in [-0.25, -0.2) is 0 Å². The van der Waals surface area contributed by atoms with Gasteiger partial charge in [0.05, 0.1) is 12.5 Å². The van der Waals surface area contributed by atoms with Crippen molar-refractivity contribution in [1.29, 1.82) is 0 Å². The molecule has 0 aliphatic heterocycles. The maximum atomic E-state index is 11.8. The molecule has 0 aromatic heterocycles. The van der Waals surface area contributed by atoms with Crippen LogP contribution >= 0.6 is 0 Å². The highest BCUT2D eigenvalue weighted by Crippen LogP contribution is 2.06. The fraction of sp³-hybridized carbons (Fsp3) is 0.389. The predicted molar refractivity (Wildman–Crippen MR) is 83.5 cm³/mol. The molecule has 1 aromatic carbocycles. The van der Waals surface area contributed by atoms with Crippen LogP contribution in [-0.4, -0.2) is 12.1 Å². The maximum Gasteiger partial charge on any atom is 0.310 e. The van der Waals surface area contributed by atoms with E-state index in [-0.39, 0.29) is 12.1 Å². The lowest BCUT2D eigenvalue weighted by molar-refractivity contribution is -0.147. The monoisotopic (exact) mass is 272 g/mol. The third-order valence-electron chi connectivity index (χ3n) is 2.83. The molecule has 0 saturated heterocycles. The quantitative estimate of drug-likeness (QED) is 0.541. The van der Waals surface area contributed by atoms with Gasteiger partial charge in [0.15, 0.2) is 0 Å². The van der Waals surface area contributed by atoms with Gasteiger partial charge in [-0.15, -0.1) is 0 Å². The smallest absolute Gasteiger partial charge is 0.310 e. The Balaban J connectivity index is 2.25. The number of carbonyl (C=O) groups is 1. The molecule has 1 rings (SSSR count). The van der Waals surface area contributed by atoms with E-state index in [1.54, 1.807) is 0 Å². The van der Waals surface area contributed by atoms with Crippen LogP contribution in [0.15, 0.2) is 54.1 Å². The molecule has 1 aromatic rings. The van der Waals surface area contributed by atoms with Crippen molar-refractivity contribution in [2.75, 3.05) is 0 Å². The van der Waals surface area contributed by atoms with Crippen LogP contribution in [0.5, 0.6) is 0 Å². The molecule has 0 bridgehead atoms. The molecule has 0 heterocycles. The SMILES string of the molecule is CC(C)=C/C=C/CCC(C)OC(=O)Cc1ccccc1. The summed E-state index contributed by atoms with van der Waals surface area (Å²) in [6, 6.07) is 9.68. The summed E-state index contributed by atoms with van der Waals surface area (Å²) in [6.45, 7) is 6.08. The molecule has 0 aliphatic rings. The van der Waals surface area contributed by atoms with E-state index < -0.39 is 0 Å². The van der Waals surface area contributed by atoms with Crippen LogP contribution < -0.4 is 0 Å². The lowest BCUT2D eigenvalue weighted by Gasteiger charge is -2.12. The van der Waals surface area contributed by atoms with E-state index in [4.69, 9.17) is 4.74 Å². The van der Waals surface area contributed by atoms with Crippen LogP contribution in [0, 0.1) is 0 Å². The molecule has 1 unspecified atom stereocenters. The number of allylic oxidation sites excluding steroid dienone is 4. The predicted octanol–water partition coefficient (Wildman–Crippen LogP) is 4.46. The highest BCUT2D eigenvalue weighted by molar-refractivity contribution is 5.72. The van der Waals surface area contributed by atoms with Crippen LogP contribution in [0.2, 0.25) is 0 Å². The molecule has 0 radical (unpaired) electrons. The normalized spacial score (nSPS) is 12.2. The second kappa shape index (κ2) is 9.13. The molecule has 0 amide bonds. The second-order valence-electron chi connectivity index (χ2n) is 5.21. The third kappa shape index (κ3) is 7.57. The molecule has 2 heteroatoms. The summed E-state index contributed by atoms with van der Waals surface area (Å²) >= 11 is 0. The average molecular weight is 272 g/mol. The Hall–Kier alpha value is -1.83. The number of hydrogen-bond donors (Lipinski definition) is 0. The zero-order chi connectivity index (χ0) is 14.8. The van der Waals surface area contributed by atoms with Crippen molar-refractivity contribution in [2.24, 2.45) is 0 Å². The average Bonchev–Trinajstić information content (AvgIpc) is 2.38. The van der Waals surface area contributed by atoms with Gasteiger partial charge in [0.1, 0.15) is 0 Å². The number of hydrogen-bond acceptors (Lipinski definition) is 2. The third-order valence-corrected chi connectivity index (χ3v) is 2.83. The molecule has 1 atom stereocenters. The van der Waals surface area contributed by atoms with Gasteiger partial charge in [-0.05, 0) is 39.2 Å². The van der Waals surface area contributed by atoms with E-state index in [0.29, 0.717) is 6.42 Å². The van der Waals surface area contributed by atoms with E-state index in [1.807, 2.05) is 43.3 Å². The van der Waals surface area contributed by atoms with Crippen molar-refractivity contribution in [3.8, 4) is 0 Å². The molecule has 0 aliphatic carbocycles. The summed E-state index contributed by atoms with van der Waals surface area (Å²) in [6.07, 6.45) is 8.31. The Labute approximate surface area is 122 Å². The van der Waals surface area contributed by atoms with Crippen LogP contribution in [0.1, 0.15) is 39.2 Å². The molecular formula is C18H24O2. The van der Waals surface area contributed by atoms with Crippen molar-refractivity contribution in [3.63, 3.8) is 0 Å². The lowest BCUT2D eigenvalue weighted by Crippen LogP contribution is -2.16. The van der Waals surface area contributed by atoms with Gasteiger partial charge < -0.3 is 4.74 Å². The Kier molecular flexibility index (Phi) is 7.41.